The number of nitrogens with one attached hydrogen (secondary N) is 3. The summed E-state index contributed by atoms with van der Waals surface area (Å²) in [4.78, 5) is 24.2. The van der Waals surface area contributed by atoms with E-state index in [0.29, 0.717) is 5.82 Å². The first-order chi connectivity index (χ1) is 12.6. The second-order valence-electron chi connectivity index (χ2n) is 7.57. The Bertz CT molecular complexity index is 784. The van der Waals surface area contributed by atoms with E-state index in [1.165, 1.54) is 0 Å². The summed E-state index contributed by atoms with van der Waals surface area (Å²) >= 11 is 0. The molecule has 0 aliphatic heterocycles. The number of carbonyl (C=O) groups excluding carboxylic acids is 2. The fraction of sp³-hybridized carbons (Fsp3) is 0.450. The van der Waals surface area contributed by atoms with E-state index in [2.05, 4.69) is 34.7 Å². The van der Waals surface area contributed by atoms with Crippen LogP contribution in [-0.2, 0) is 15.0 Å². The van der Waals surface area contributed by atoms with E-state index >= 15 is 0 Å². The summed E-state index contributed by atoms with van der Waals surface area (Å²) in [6, 6.07) is 11.0. The van der Waals surface area contributed by atoms with Crippen LogP contribution in [0.5, 0.6) is 0 Å². The maximum Gasteiger partial charge on any atom is 0.249 e. The number of carbonyl (C=O) groups is 2. The number of hydrogen-bond donors (Lipinski definition) is 4. The highest BCUT2D eigenvalue weighted by Gasteiger charge is 2.27. The Morgan fingerprint density at radius 3 is 2.33 bits per heavy atom. The standard InChI is InChI=1S/C20H28N4O3/c1-12(2)17(25)19(27)21-13(3)18(26)22-16-11-15(23-24-16)20(4,5)14-9-7-6-8-10-14/h6-13,17,25H,1-5H3,(H,21,27)(H2,22,23,24,26)/t13-,17-/m0/s1. The average molecular weight is 372 g/mol. The van der Waals surface area contributed by atoms with Gasteiger partial charge in [-0.05, 0) is 18.4 Å². The van der Waals surface area contributed by atoms with Crippen molar-refractivity contribution in [3.63, 3.8) is 0 Å². The minimum absolute atomic E-state index is 0.226. The second kappa shape index (κ2) is 8.35. The Hall–Kier alpha value is -2.67. The highest BCUT2D eigenvalue weighted by molar-refractivity contribution is 5.96. The van der Waals surface area contributed by atoms with Crippen LogP contribution in [0.4, 0.5) is 5.82 Å². The zero-order chi connectivity index (χ0) is 20.2. The average Bonchev–Trinajstić information content (AvgIpc) is 3.10. The molecule has 0 aliphatic rings. The predicted molar refractivity (Wildman–Crippen MR) is 104 cm³/mol. The van der Waals surface area contributed by atoms with Gasteiger partial charge in [0.15, 0.2) is 0 Å². The van der Waals surface area contributed by atoms with Crippen LogP contribution in [0.15, 0.2) is 36.4 Å². The Morgan fingerprint density at radius 2 is 1.74 bits per heavy atom. The first-order valence-electron chi connectivity index (χ1n) is 9.03. The third kappa shape index (κ3) is 4.95. The van der Waals surface area contributed by atoms with Gasteiger partial charge < -0.3 is 15.7 Å². The number of amides is 2. The summed E-state index contributed by atoms with van der Waals surface area (Å²) in [5.41, 5.74) is 1.57. The molecule has 1 heterocycles. The van der Waals surface area contributed by atoms with Gasteiger partial charge >= 0.3 is 0 Å². The number of aliphatic hydroxyl groups excluding tert-OH is 1. The highest BCUT2D eigenvalue weighted by Crippen LogP contribution is 2.30. The molecular formula is C20H28N4O3. The first kappa shape index (κ1) is 20.6. The lowest BCUT2D eigenvalue weighted by molar-refractivity contribution is -0.134. The van der Waals surface area contributed by atoms with Gasteiger partial charge in [-0.2, -0.15) is 5.10 Å². The Kier molecular flexibility index (Phi) is 6.38. The zero-order valence-corrected chi connectivity index (χ0v) is 16.4. The molecule has 4 N–H and O–H groups in total. The molecule has 0 saturated carbocycles. The van der Waals surface area contributed by atoms with Crippen molar-refractivity contribution in [2.45, 2.75) is 52.2 Å². The summed E-state index contributed by atoms with van der Waals surface area (Å²) in [7, 11) is 0. The van der Waals surface area contributed by atoms with Crippen molar-refractivity contribution in [1.29, 1.82) is 0 Å². The third-order valence-corrected chi connectivity index (χ3v) is 4.62. The van der Waals surface area contributed by atoms with Gasteiger partial charge in [0.1, 0.15) is 18.0 Å². The van der Waals surface area contributed by atoms with Crippen molar-refractivity contribution in [2.75, 3.05) is 5.32 Å². The van der Waals surface area contributed by atoms with E-state index in [9.17, 15) is 14.7 Å². The molecule has 0 saturated heterocycles. The molecule has 2 rings (SSSR count). The number of aromatic amines is 1. The lowest BCUT2D eigenvalue weighted by Crippen LogP contribution is -2.47. The van der Waals surface area contributed by atoms with E-state index in [0.717, 1.165) is 11.3 Å². The van der Waals surface area contributed by atoms with Crippen LogP contribution in [0.1, 0.15) is 45.9 Å². The van der Waals surface area contributed by atoms with Crippen LogP contribution < -0.4 is 10.6 Å². The number of nitrogens with zero attached hydrogens (tertiary/aromatic N) is 1. The fourth-order valence-electron chi connectivity index (χ4n) is 2.62. The summed E-state index contributed by atoms with van der Waals surface area (Å²) in [6.45, 7) is 9.14. The van der Waals surface area contributed by atoms with Gasteiger partial charge in [0, 0.05) is 11.5 Å². The maximum absolute atomic E-state index is 12.3. The molecule has 2 atom stereocenters. The lowest BCUT2D eigenvalue weighted by Gasteiger charge is -2.22. The van der Waals surface area contributed by atoms with Crippen molar-refractivity contribution < 1.29 is 14.7 Å². The van der Waals surface area contributed by atoms with Gasteiger partial charge in [-0.25, -0.2) is 0 Å². The Morgan fingerprint density at radius 1 is 1.11 bits per heavy atom. The maximum atomic E-state index is 12.3. The first-order valence-corrected chi connectivity index (χ1v) is 9.03. The molecule has 2 amide bonds. The summed E-state index contributed by atoms with van der Waals surface area (Å²) in [6.07, 6.45) is -1.15. The van der Waals surface area contributed by atoms with Crippen LogP contribution in [0.3, 0.4) is 0 Å². The van der Waals surface area contributed by atoms with Crippen molar-refractivity contribution in [2.24, 2.45) is 5.92 Å². The van der Waals surface area contributed by atoms with Crippen LogP contribution in [-0.4, -0.2) is 39.3 Å². The van der Waals surface area contributed by atoms with Crippen LogP contribution in [0, 0.1) is 5.92 Å². The van der Waals surface area contributed by atoms with Crippen molar-refractivity contribution in [3.05, 3.63) is 47.7 Å². The van der Waals surface area contributed by atoms with E-state index in [1.807, 2.05) is 30.3 Å². The molecule has 0 unspecified atom stereocenters. The second-order valence-corrected chi connectivity index (χ2v) is 7.57. The molecule has 27 heavy (non-hydrogen) atoms. The number of H-pyrrole nitrogens is 1. The fourth-order valence-corrected chi connectivity index (χ4v) is 2.62. The predicted octanol–water partition coefficient (Wildman–Crippen LogP) is 2.20. The molecule has 0 spiro atoms. The quantitative estimate of drug-likeness (QED) is 0.597. The zero-order valence-electron chi connectivity index (χ0n) is 16.4. The molecule has 1 aromatic heterocycles. The monoisotopic (exact) mass is 372 g/mol. The molecule has 0 bridgehead atoms. The highest BCUT2D eigenvalue weighted by atomic mass is 16.3. The molecule has 0 aliphatic carbocycles. The van der Waals surface area contributed by atoms with E-state index in [-0.39, 0.29) is 11.3 Å². The summed E-state index contributed by atoms with van der Waals surface area (Å²) < 4.78 is 0. The topological polar surface area (TPSA) is 107 Å². The number of rotatable bonds is 7. The molecule has 2 aromatic rings. The van der Waals surface area contributed by atoms with Gasteiger partial charge in [-0.1, -0.05) is 58.0 Å². The Balaban J connectivity index is 2.03. The molecule has 146 valence electrons. The lowest BCUT2D eigenvalue weighted by atomic mass is 9.82. The van der Waals surface area contributed by atoms with E-state index < -0.39 is 24.0 Å². The van der Waals surface area contributed by atoms with Gasteiger partial charge in [0.05, 0.1) is 5.69 Å². The number of hydrogen-bond acceptors (Lipinski definition) is 4. The minimum Gasteiger partial charge on any atom is -0.383 e. The van der Waals surface area contributed by atoms with Crippen LogP contribution >= 0.6 is 0 Å². The smallest absolute Gasteiger partial charge is 0.249 e. The SMILES string of the molecule is CC(C)[C@H](O)C(=O)N[C@@H](C)C(=O)Nc1cc(C(C)(C)c2ccccc2)n[nH]1. The molecular weight excluding hydrogens is 344 g/mol. The molecule has 0 fully saturated rings. The molecule has 7 heteroatoms. The normalized spacial score (nSPS) is 13.9. The van der Waals surface area contributed by atoms with Gasteiger partial charge in [-0.3, -0.25) is 14.7 Å². The van der Waals surface area contributed by atoms with Crippen LogP contribution in [0.25, 0.3) is 0 Å². The third-order valence-electron chi connectivity index (χ3n) is 4.62. The number of aliphatic hydroxyl groups is 1. The van der Waals surface area contributed by atoms with Gasteiger partial charge in [0.2, 0.25) is 11.8 Å². The number of benzene rings is 1. The van der Waals surface area contributed by atoms with Crippen LogP contribution in [0.2, 0.25) is 0 Å². The van der Waals surface area contributed by atoms with Gasteiger partial charge in [-0.15, -0.1) is 0 Å². The van der Waals surface area contributed by atoms with Crippen molar-refractivity contribution in [3.8, 4) is 0 Å². The van der Waals surface area contributed by atoms with Gasteiger partial charge in [0.25, 0.3) is 0 Å². The van der Waals surface area contributed by atoms with E-state index in [1.54, 1.807) is 26.8 Å². The number of aromatic nitrogens is 2. The molecule has 1 aromatic carbocycles. The van der Waals surface area contributed by atoms with E-state index in [4.69, 9.17) is 0 Å². The minimum atomic E-state index is -1.15. The van der Waals surface area contributed by atoms with Crippen molar-refractivity contribution in [1.82, 2.24) is 15.5 Å². The molecule has 7 nitrogen and oxygen atoms in total. The Labute approximate surface area is 159 Å². The summed E-state index contributed by atoms with van der Waals surface area (Å²) in [5, 5.41) is 22.1. The molecule has 0 radical (unpaired) electrons. The van der Waals surface area contributed by atoms with Crippen molar-refractivity contribution >= 4 is 17.6 Å². The largest absolute Gasteiger partial charge is 0.383 e. The number of anilines is 1. The summed E-state index contributed by atoms with van der Waals surface area (Å²) in [5.74, 6) is -0.740.